The molecule has 0 heterocycles. The molecule has 1 nitrogen and oxygen atoms in total. The van der Waals surface area contributed by atoms with E-state index in [1.165, 1.54) is 18.2 Å². The molecule has 0 aromatic heterocycles. The molecule has 14 heavy (non-hydrogen) atoms. The van der Waals surface area contributed by atoms with E-state index in [0.717, 1.165) is 12.8 Å². The van der Waals surface area contributed by atoms with Gasteiger partial charge in [-0.3, -0.25) is 0 Å². The number of rotatable bonds is 4. The molecule has 0 aliphatic carbocycles. The standard InChI is InChI=1S/C11H15F2N/c1-2-3-7-10(14)11-8(12)5-4-6-9(11)13/h4-6,10H,2-3,7,14H2,1H3/t10-/m1/s1. The molecule has 1 rings (SSSR count). The van der Waals surface area contributed by atoms with Crippen molar-refractivity contribution in [1.29, 1.82) is 0 Å². The number of benzene rings is 1. The van der Waals surface area contributed by atoms with Gasteiger partial charge in [0.15, 0.2) is 0 Å². The fourth-order valence-electron chi connectivity index (χ4n) is 1.43. The second-order valence-electron chi connectivity index (χ2n) is 3.38. The van der Waals surface area contributed by atoms with Crippen LogP contribution in [0, 0.1) is 11.6 Å². The van der Waals surface area contributed by atoms with Gasteiger partial charge in [-0.1, -0.05) is 25.8 Å². The van der Waals surface area contributed by atoms with Gasteiger partial charge in [0, 0.05) is 11.6 Å². The Labute approximate surface area is 82.9 Å². The zero-order valence-corrected chi connectivity index (χ0v) is 8.26. The Morgan fingerprint density at radius 1 is 1.29 bits per heavy atom. The summed E-state index contributed by atoms with van der Waals surface area (Å²) in [6, 6.07) is 3.30. The van der Waals surface area contributed by atoms with E-state index in [1.807, 2.05) is 6.92 Å². The molecule has 3 heteroatoms. The first-order valence-electron chi connectivity index (χ1n) is 4.86. The summed E-state index contributed by atoms with van der Waals surface area (Å²) in [7, 11) is 0. The van der Waals surface area contributed by atoms with Crippen molar-refractivity contribution < 1.29 is 8.78 Å². The van der Waals surface area contributed by atoms with Crippen LogP contribution < -0.4 is 5.73 Å². The van der Waals surface area contributed by atoms with E-state index in [9.17, 15) is 8.78 Å². The fraction of sp³-hybridized carbons (Fsp3) is 0.455. The Morgan fingerprint density at radius 3 is 2.36 bits per heavy atom. The maximum atomic E-state index is 13.2. The summed E-state index contributed by atoms with van der Waals surface area (Å²) < 4.78 is 26.4. The van der Waals surface area contributed by atoms with Gasteiger partial charge in [0.1, 0.15) is 11.6 Å². The van der Waals surface area contributed by atoms with Crippen LogP contribution in [0.4, 0.5) is 8.78 Å². The van der Waals surface area contributed by atoms with Crippen LogP contribution in [0.2, 0.25) is 0 Å². The van der Waals surface area contributed by atoms with E-state index in [-0.39, 0.29) is 5.56 Å². The number of halogens is 2. The van der Waals surface area contributed by atoms with Crippen LogP contribution in [0.1, 0.15) is 37.8 Å². The molecular weight excluding hydrogens is 184 g/mol. The topological polar surface area (TPSA) is 26.0 Å². The minimum Gasteiger partial charge on any atom is -0.324 e. The second kappa shape index (κ2) is 5.05. The van der Waals surface area contributed by atoms with Gasteiger partial charge in [0.25, 0.3) is 0 Å². The summed E-state index contributed by atoms with van der Waals surface area (Å²) in [6.07, 6.45) is 2.48. The molecule has 0 saturated carbocycles. The van der Waals surface area contributed by atoms with Gasteiger partial charge >= 0.3 is 0 Å². The normalized spacial score (nSPS) is 12.9. The Bertz CT molecular complexity index is 279. The lowest BCUT2D eigenvalue weighted by Gasteiger charge is -2.12. The molecule has 0 saturated heterocycles. The highest BCUT2D eigenvalue weighted by Crippen LogP contribution is 2.22. The Kier molecular flexibility index (Phi) is 4.01. The monoisotopic (exact) mass is 199 g/mol. The minimum atomic E-state index is -0.548. The molecule has 0 aliphatic rings. The van der Waals surface area contributed by atoms with E-state index >= 15 is 0 Å². The Morgan fingerprint density at radius 2 is 1.86 bits per heavy atom. The van der Waals surface area contributed by atoms with Gasteiger partial charge in [-0.15, -0.1) is 0 Å². The van der Waals surface area contributed by atoms with Crippen LogP contribution in [-0.2, 0) is 0 Å². The molecule has 1 aromatic carbocycles. The van der Waals surface area contributed by atoms with Crippen LogP contribution in [0.15, 0.2) is 18.2 Å². The molecule has 0 spiro atoms. The summed E-state index contributed by atoms with van der Waals surface area (Å²) in [5.41, 5.74) is 5.72. The number of hydrogen-bond donors (Lipinski definition) is 1. The van der Waals surface area contributed by atoms with Crippen molar-refractivity contribution in [2.75, 3.05) is 0 Å². The quantitative estimate of drug-likeness (QED) is 0.792. The maximum Gasteiger partial charge on any atom is 0.130 e. The van der Waals surface area contributed by atoms with Gasteiger partial charge in [0.2, 0.25) is 0 Å². The van der Waals surface area contributed by atoms with Crippen molar-refractivity contribution in [3.8, 4) is 0 Å². The molecule has 0 aliphatic heterocycles. The van der Waals surface area contributed by atoms with Gasteiger partial charge in [-0.2, -0.15) is 0 Å². The van der Waals surface area contributed by atoms with E-state index in [2.05, 4.69) is 0 Å². The molecule has 0 radical (unpaired) electrons. The van der Waals surface area contributed by atoms with Crippen molar-refractivity contribution >= 4 is 0 Å². The lowest BCUT2D eigenvalue weighted by molar-refractivity contribution is 0.502. The van der Waals surface area contributed by atoms with Crippen molar-refractivity contribution in [1.82, 2.24) is 0 Å². The largest absolute Gasteiger partial charge is 0.324 e. The summed E-state index contributed by atoms with van der Waals surface area (Å²) in [6.45, 7) is 2.02. The highest BCUT2D eigenvalue weighted by Gasteiger charge is 2.15. The summed E-state index contributed by atoms with van der Waals surface area (Å²) in [4.78, 5) is 0. The third-order valence-corrected chi connectivity index (χ3v) is 2.24. The first-order chi connectivity index (χ1) is 6.66. The highest BCUT2D eigenvalue weighted by molar-refractivity contribution is 5.22. The number of nitrogens with two attached hydrogens (primary N) is 1. The van der Waals surface area contributed by atoms with Crippen molar-refractivity contribution in [3.05, 3.63) is 35.4 Å². The predicted octanol–water partition coefficient (Wildman–Crippen LogP) is 3.15. The van der Waals surface area contributed by atoms with Crippen molar-refractivity contribution in [3.63, 3.8) is 0 Å². The van der Waals surface area contributed by atoms with E-state index in [1.54, 1.807) is 0 Å². The van der Waals surface area contributed by atoms with Crippen LogP contribution in [0.3, 0.4) is 0 Å². The average Bonchev–Trinajstić information content (AvgIpc) is 2.14. The molecule has 0 bridgehead atoms. The molecule has 0 amide bonds. The lowest BCUT2D eigenvalue weighted by Crippen LogP contribution is -2.14. The van der Waals surface area contributed by atoms with Crippen LogP contribution in [0.25, 0.3) is 0 Å². The Balaban J connectivity index is 2.82. The highest BCUT2D eigenvalue weighted by atomic mass is 19.1. The van der Waals surface area contributed by atoms with Gasteiger partial charge in [-0.05, 0) is 18.6 Å². The van der Waals surface area contributed by atoms with Gasteiger partial charge < -0.3 is 5.73 Å². The first-order valence-corrected chi connectivity index (χ1v) is 4.86. The lowest BCUT2D eigenvalue weighted by atomic mass is 10.0. The van der Waals surface area contributed by atoms with Crippen LogP contribution in [-0.4, -0.2) is 0 Å². The SMILES string of the molecule is CCCC[C@@H](N)c1c(F)cccc1F. The third-order valence-electron chi connectivity index (χ3n) is 2.24. The number of hydrogen-bond acceptors (Lipinski definition) is 1. The average molecular weight is 199 g/mol. The molecule has 1 atom stereocenters. The van der Waals surface area contributed by atoms with Crippen LogP contribution >= 0.6 is 0 Å². The second-order valence-corrected chi connectivity index (χ2v) is 3.38. The zero-order valence-electron chi connectivity index (χ0n) is 8.26. The summed E-state index contributed by atoms with van der Waals surface area (Å²) in [5, 5.41) is 0. The third kappa shape index (κ3) is 2.51. The minimum absolute atomic E-state index is 0.0148. The summed E-state index contributed by atoms with van der Waals surface area (Å²) >= 11 is 0. The van der Waals surface area contributed by atoms with Crippen molar-refractivity contribution in [2.24, 2.45) is 5.73 Å². The first kappa shape index (κ1) is 11.1. The smallest absolute Gasteiger partial charge is 0.130 e. The van der Waals surface area contributed by atoms with E-state index < -0.39 is 17.7 Å². The molecule has 1 aromatic rings. The zero-order chi connectivity index (χ0) is 10.6. The Hall–Kier alpha value is -0.960. The maximum absolute atomic E-state index is 13.2. The van der Waals surface area contributed by atoms with E-state index in [4.69, 9.17) is 5.73 Å². The van der Waals surface area contributed by atoms with Crippen molar-refractivity contribution in [2.45, 2.75) is 32.2 Å². The molecule has 0 fully saturated rings. The molecule has 2 N–H and O–H groups in total. The van der Waals surface area contributed by atoms with Gasteiger partial charge in [-0.25, -0.2) is 8.78 Å². The van der Waals surface area contributed by atoms with Gasteiger partial charge in [0.05, 0.1) is 0 Å². The molecule has 0 unspecified atom stereocenters. The predicted molar refractivity (Wildman–Crippen MR) is 52.8 cm³/mol. The molecule has 78 valence electrons. The van der Waals surface area contributed by atoms with E-state index in [0.29, 0.717) is 6.42 Å². The summed E-state index contributed by atoms with van der Waals surface area (Å²) in [5.74, 6) is -1.10. The fourth-order valence-corrected chi connectivity index (χ4v) is 1.43. The molecular formula is C11H15F2N. The van der Waals surface area contributed by atoms with Crippen LogP contribution in [0.5, 0.6) is 0 Å². The number of unbranched alkanes of at least 4 members (excludes halogenated alkanes) is 1.